The summed E-state index contributed by atoms with van der Waals surface area (Å²) in [7, 11) is -3.02. The van der Waals surface area contributed by atoms with Crippen LogP contribution in [0.3, 0.4) is 0 Å². The summed E-state index contributed by atoms with van der Waals surface area (Å²) in [5.41, 5.74) is 2.37. The maximum absolute atomic E-state index is 11.6. The van der Waals surface area contributed by atoms with Crippen molar-refractivity contribution in [2.24, 2.45) is 0 Å². The van der Waals surface area contributed by atoms with Crippen LogP contribution in [0.1, 0.15) is 25.0 Å². The van der Waals surface area contributed by atoms with Crippen molar-refractivity contribution < 1.29 is 8.42 Å². The average Bonchev–Trinajstić information content (AvgIpc) is 2.31. The minimum Gasteiger partial charge on any atom is -0.384 e. The molecule has 18 heavy (non-hydrogen) atoms. The zero-order valence-electron chi connectivity index (χ0n) is 10.9. The van der Waals surface area contributed by atoms with Gasteiger partial charge in [0.05, 0.1) is 22.6 Å². The lowest BCUT2D eigenvalue weighted by atomic mass is 10.1. The van der Waals surface area contributed by atoms with Gasteiger partial charge in [-0.3, -0.25) is 0 Å². The van der Waals surface area contributed by atoms with Gasteiger partial charge in [-0.25, -0.2) is 8.42 Å². The summed E-state index contributed by atoms with van der Waals surface area (Å²) in [5.74, 6) is 0.0981. The number of hydrogen-bond donors (Lipinski definition) is 1. The molecular weight excluding hydrogens is 248 g/mol. The molecule has 0 bridgehead atoms. The van der Waals surface area contributed by atoms with Crippen LogP contribution in [0.15, 0.2) is 18.2 Å². The molecule has 1 aromatic rings. The molecule has 0 radical (unpaired) electrons. The minimum absolute atomic E-state index is 0.0981. The van der Waals surface area contributed by atoms with E-state index in [1.165, 1.54) is 0 Å². The summed E-state index contributed by atoms with van der Waals surface area (Å²) in [4.78, 5) is 0. The molecule has 0 aliphatic heterocycles. The molecule has 1 aromatic carbocycles. The lowest BCUT2D eigenvalue weighted by Gasteiger charge is -2.11. The molecule has 0 heterocycles. The van der Waals surface area contributed by atoms with Crippen molar-refractivity contribution >= 4 is 15.5 Å². The summed E-state index contributed by atoms with van der Waals surface area (Å²) < 4.78 is 23.3. The second kappa shape index (κ2) is 5.87. The molecule has 1 rings (SSSR count). The van der Waals surface area contributed by atoms with Gasteiger partial charge in [-0.05, 0) is 38.5 Å². The van der Waals surface area contributed by atoms with Crippen molar-refractivity contribution in [3.05, 3.63) is 29.3 Å². The molecule has 0 aliphatic carbocycles. The summed E-state index contributed by atoms with van der Waals surface area (Å²) in [6.07, 6.45) is 0. The summed E-state index contributed by atoms with van der Waals surface area (Å²) in [6.45, 7) is 5.63. The predicted molar refractivity (Wildman–Crippen MR) is 73.3 cm³/mol. The summed E-state index contributed by atoms with van der Waals surface area (Å²) in [5, 5.41) is 11.5. The first kappa shape index (κ1) is 14.5. The smallest absolute Gasteiger partial charge is 0.154 e. The second-order valence-corrected chi connectivity index (χ2v) is 7.16. The summed E-state index contributed by atoms with van der Waals surface area (Å²) >= 11 is 0. The third-order valence-electron chi connectivity index (χ3n) is 2.79. The first-order valence-corrected chi connectivity index (χ1v) is 7.54. The molecule has 0 amide bonds. The highest BCUT2D eigenvalue weighted by atomic mass is 32.2. The van der Waals surface area contributed by atoms with Crippen LogP contribution in [-0.2, 0) is 9.84 Å². The van der Waals surface area contributed by atoms with Crippen molar-refractivity contribution in [3.63, 3.8) is 0 Å². The molecule has 0 atom stereocenters. The molecule has 0 saturated heterocycles. The second-order valence-electron chi connectivity index (χ2n) is 4.48. The van der Waals surface area contributed by atoms with Crippen LogP contribution in [0.25, 0.3) is 0 Å². The predicted octanol–water partition coefficient (Wildman–Crippen LogP) is 2.10. The standard InChI is InChI=1S/C13H18N2O2S/c1-10(2)18(16,17)7-6-15-13-8-12(9-14)5-4-11(13)3/h4-5,8,10,15H,6-7H2,1-3H3. The Balaban J connectivity index is 2.68. The van der Waals surface area contributed by atoms with Crippen molar-refractivity contribution in [3.8, 4) is 6.07 Å². The highest BCUT2D eigenvalue weighted by molar-refractivity contribution is 7.92. The lowest BCUT2D eigenvalue weighted by Crippen LogP contribution is -2.23. The number of hydrogen-bond acceptors (Lipinski definition) is 4. The maximum atomic E-state index is 11.6. The Hall–Kier alpha value is -1.54. The first-order chi connectivity index (χ1) is 8.36. The van der Waals surface area contributed by atoms with Gasteiger partial charge >= 0.3 is 0 Å². The van der Waals surface area contributed by atoms with E-state index in [4.69, 9.17) is 5.26 Å². The van der Waals surface area contributed by atoms with Gasteiger partial charge < -0.3 is 5.32 Å². The van der Waals surface area contributed by atoms with Crippen LogP contribution >= 0.6 is 0 Å². The Bertz CT molecular complexity index is 557. The largest absolute Gasteiger partial charge is 0.384 e. The number of aryl methyl sites for hydroxylation is 1. The van der Waals surface area contributed by atoms with Crippen LogP contribution in [0.2, 0.25) is 0 Å². The zero-order valence-corrected chi connectivity index (χ0v) is 11.7. The maximum Gasteiger partial charge on any atom is 0.154 e. The van der Waals surface area contributed by atoms with E-state index in [9.17, 15) is 8.42 Å². The average molecular weight is 266 g/mol. The zero-order chi connectivity index (χ0) is 13.8. The van der Waals surface area contributed by atoms with Crippen molar-refractivity contribution in [1.29, 1.82) is 5.26 Å². The summed E-state index contributed by atoms with van der Waals surface area (Å²) in [6, 6.07) is 7.38. The third-order valence-corrected chi connectivity index (χ3v) is 5.00. The molecule has 0 saturated carbocycles. The number of anilines is 1. The van der Waals surface area contributed by atoms with E-state index in [0.717, 1.165) is 11.3 Å². The van der Waals surface area contributed by atoms with Crippen molar-refractivity contribution in [1.82, 2.24) is 0 Å². The van der Waals surface area contributed by atoms with E-state index in [1.807, 2.05) is 13.0 Å². The Morgan fingerprint density at radius 2 is 2.06 bits per heavy atom. The topological polar surface area (TPSA) is 70.0 Å². The highest BCUT2D eigenvalue weighted by Crippen LogP contribution is 2.16. The van der Waals surface area contributed by atoms with Gasteiger partial charge in [0, 0.05) is 12.2 Å². The van der Waals surface area contributed by atoms with Crippen molar-refractivity contribution in [2.45, 2.75) is 26.0 Å². The van der Waals surface area contributed by atoms with Crippen molar-refractivity contribution in [2.75, 3.05) is 17.6 Å². The van der Waals surface area contributed by atoms with E-state index in [-0.39, 0.29) is 11.0 Å². The number of nitrogens with zero attached hydrogens (tertiary/aromatic N) is 1. The van der Waals surface area contributed by atoms with E-state index < -0.39 is 9.84 Å². The molecule has 0 fully saturated rings. The Kier molecular flexibility index (Phi) is 4.74. The SMILES string of the molecule is Cc1ccc(C#N)cc1NCCS(=O)(=O)C(C)C. The molecule has 0 spiro atoms. The number of sulfone groups is 1. The van der Waals surface area contributed by atoms with E-state index in [0.29, 0.717) is 12.1 Å². The molecule has 4 nitrogen and oxygen atoms in total. The van der Waals surface area contributed by atoms with Gasteiger partial charge in [-0.15, -0.1) is 0 Å². The van der Waals surface area contributed by atoms with Gasteiger partial charge in [-0.2, -0.15) is 5.26 Å². The fourth-order valence-corrected chi connectivity index (χ4v) is 2.30. The van der Waals surface area contributed by atoms with E-state index in [2.05, 4.69) is 11.4 Å². The third kappa shape index (κ3) is 3.74. The number of nitriles is 1. The fraction of sp³-hybridized carbons (Fsp3) is 0.462. The Labute approximate surface area is 109 Å². The molecular formula is C13H18N2O2S. The minimum atomic E-state index is -3.02. The van der Waals surface area contributed by atoms with Crippen LogP contribution in [-0.4, -0.2) is 26.0 Å². The molecule has 0 aromatic heterocycles. The van der Waals surface area contributed by atoms with Crippen LogP contribution in [0, 0.1) is 18.3 Å². The van der Waals surface area contributed by atoms with Gasteiger partial charge in [0.1, 0.15) is 0 Å². The molecule has 0 unspecified atom stereocenters. The lowest BCUT2D eigenvalue weighted by molar-refractivity contribution is 0.588. The van der Waals surface area contributed by atoms with Crippen LogP contribution in [0.5, 0.6) is 0 Å². The van der Waals surface area contributed by atoms with Crippen LogP contribution in [0.4, 0.5) is 5.69 Å². The fourth-order valence-electron chi connectivity index (χ4n) is 1.45. The number of rotatable bonds is 5. The molecule has 1 N–H and O–H groups in total. The van der Waals surface area contributed by atoms with Gasteiger partial charge in [-0.1, -0.05) is 6.07 Å². The molecule has 0 aliphatic rings. The van der Waals surface area contributed by atoms with E-state index in [1.54, 1.807) is 26.0 Å². The highest BCUT2D eigenvalue weighted by Gasteiger charge is 2.15. The van der Waals surface area contributed by atoms with Crippen LogP contribution < -0.4 is 5.32 Å². The van der Waals surface area contributed by atoms with Gasteiger partial charge in [0.15, 0.2) is 9.84 Å². The number of nitrogens with one attached hydrogen (secondary N) is 1. The molecule has 5 heteroatoms. The van der Waals surface area contributed by atoms with Gasteiger partial charge in [0.2, 0.25) is 0 Å². The van der Waals surface area contributed by atoms with Gasteiger partial charge in [0.25, 0.3) is 0 Å². The quantitative estimate of drug-likeness (QED) is 0.886. The molecule has 98 valence electrons. The van der Waals surface area contributed by atoms with E-state index >= 15 is 0 Å². The Morgan fingerprint density at radius 1 is 1.39 bits per heavy atom. The monoisotopic (exact) mass is 266 g/mol. The normalized spacial score (nSPS) is 11.3. The Morgan fingerprint density at radius 3 is 2.61 bits per heavy atom. The number of benzene rings is 1. The first-order valence-electron chi connectivity index (χ1n) is 5.83.